The van der Waals surface area contributed by atoms with Gasteiger partial charge in [0.05, 0.1) is 24.2 Å². The molecule has 0 rings (SSSR count). The van der Waals surface area contributed by atoms with Crippen LogP contribution in [-0.4, -0.2) is 63.7 Å². The van der Waals surface area contributed by atoms with E-state index < -0.39 is 31.5 Å². The van der Waals surface area contributed by atoms with Crippen molar-refractivity contribution in [2.75, 3.05) is 24.8 Å². The van der Waals surface area contributed by atoms with Gasteiger partial charge in [-0.25, -0.2) is 16.8 Å². The monoisotopic (exact) mass is 371 g/mol. The molecule has 0 fully saturated rings. The average Bonchev–Trinajstić information content (AvgIpc) is 2.18. The van der Waals surface area contributed by atoms with Crippen LogP contribution < -0.4 is 0 Å². The summed E-state index contributed by atoms with van der Waals surface area (Å²) in [6, 6.07) is 0. The number of rotatable bonds is 7. The Morgan fingerprint density at radius 3 is 1.65 bits per heavy atom. The number of nitrogens with zero attached hydrogens (tertiary/aromatic N) is 1. The van der Waals surface area contributed by atoms with Crippen molar-refractivity contribution in [3.63, 3.8) is 0 Å². The van der Waals surface area contributed by atoms with E-state index in [9.17, 15) is 16.8 Å². The van der Waals surface area contributed by atoms with Crippen molar-refractivity contribution < 1.29 is 21.6 Å². The van der Waals surface area contributed by atoms with Crippen molar-refractivity contribution in [1.29, 1.82) is 0 Å². The predicted octanol–water partition coefficient (Wildman–Crippen LogP) is 1.91. The molecule has 2 unspecified atom stereocenters. The second-order valence-corrected chi connectivity index (χ2v) is 12.4. The van der Waals surface area contributed by atoms with Gasteiger partial charge in [-0.05, 0) is 33.1 Å². The van der Waals surface area contributed by atoms with Crippen LogP contribution in [0.5, 0.6) is 0 Å². The van der Waals surface area contributed by atoms with E-state index in [0.717, 1.165) is 12.5 Å². The molecule has 0 aromatic carbocycles. The average molecular weight is 372 g/mol. The fourth-order valence-corrected chi connectivity index (χ4v) is 4.35. The highest BCUT2D eigenvalue weighted by Crippen LogP contribution is 2.25. The smallest absolute Gasteiger partial charge is 0.211 e. The van der Waals surface area contributed by atoms with Crippen molar-refractivity contribution in [2.45, 2.75) is 66.2 Å². The molecule has 0 aliphatic heterocycles. The summed E-state index contributed by atoms with van der Waals surface area (Å²) in [7, 11) is -6.78. The van der Waals surface area contributed by atoms with Gasteiger partial charge < -0.3 is 4.74 Å². The maximum atomic E-state index is 12.1. The van der Waals surface area contributed by atoms with Crippen LogP contribution in [0.2, 0.25) is 0 Å². The molecule has 0 bridgehead atoms. The van der Waals surface area contributed by atoms with E-state index in [4.69, 9.17) is 4.74 Å². The van der Waals surface area contributed by atoms with E-state index in [0.29, 0.717) is 0 Å². The molecule has 8 heteroatoms. The predicted molar refractivity (Wildman–Crippen MR) is 94.8 cm³/mol. The summed E-state index contributed by atoms with van der Waals surface area (Å²) in [6.07, 6.45) is 1.33. The van der Waals surface area contributed by atoms with Gasteiger partial charge in [-0.1, -0.05) is 20.8 Å². The molecule has 0 aromatic heterocycles. The summed E-state index contributed by atoms with van der Waals surface area (Å²) in [4.78, 5) is 0. The summed E-state index contributed by atoms with van der Waals surface area (Å²) in [6.45, 7) is 13.2. The fourth-order valence-electron chi connectivity index (χ4n) is 2.06. The maximum absolute atomic E-state index is 12.1. The van der Waals surface area contributed by atoms with Crippen LogP contribution in [-0.2, 0) is 24.6 Å². The summed E-state index contributed by atoms with van der Waals surface area (Å²) < 4.78 is 54.8. The number of hydrogen-bond acceptors (Lipinski definition) is 5. The Kier molecular flexibility index (Phi) is 7.31. The second-order valence-electron chi connectivity index (χ2n) is 8.32. The van der Waals surface area contributed by atoms with Gasteiger partial charge in [0.15, 0.2) is 0 Å². The Labute approximate surface area is 142 Å². The molecular weight excluding hydrogens is 338 g/mol. The SMILES string of the molecule is CC(OC(CN(C(C)(C)C)S(C)(=O)=O)CS(C)(=O)=O)C(C)(C)C. The minimum atomic E-state index is -3.49. The van der Waals surface area contributed by atoms with Gasteiger partial charge in [0, 0.05) is 18.3 Å². The minimum absolute atomic E-state index is 0.00975. The van der Waals surface area contributed by atoms with Gasteiger partial charge in [0.25, 0.3) is 0 Å². The van der Waals surface area contributed by atoms with Crippen molar-refractivity contribution in [2.24, 2.45) is 5.41 Å². The standard InChI is InChI=1S/C15H33NO5S2/c1-12(14(2,3)4)21-13(11-22(8,17)18)10-16(15(5,6)7)23(9,19)20/h12-13H,10-11H2,1-9H3. The van der Waals surface area contributed by atoms with Crippen LogP contribution in [0.3, 0.4) is 0 Å². The van der Waals surface area contributed by atoms with Crippen LogP contribution >= 0.6 is 0 Å². The first-order chi connectivity index (χ1) is 9.84. The molecule has 0 spiro atoms. The molecule has 2 atom stereocenters. The van der Waals surface area contributed by atoms with Crippen LogP contribution in [0.15, 0.2) is 0 Å². The number of sulfone groups is 1. The normalized spacial score (nSPS) is 17.3. The van der Waals surface area contributed by atoms with Gasteiger partial charge in [-0.2, -0.15) is 4.31 Å². The highest BCUT2D eigenvalue weighted by molar-refractivity contribution is 7.90. The molecule has 0 radical (unpaired) electrons. The van der Waals surface area contributed by atoms with Crippen molar-refractivity contribution in [1.82, 2.24) is 4.31 Å². The van der Waals surface area contributed by atoms with Gasteiger partial charge in [0.2, 0.25) is 10.0 Å². The summed E-state index contributed by atoms with van der Waals surface area (Å²) in [5, 5.41) is 0. The topological polar surface area (TPSA) is 80.8 Å². The third-order valence-electron chi connectivity index (χ3n) is 3.62. The zero-order chi connectivity index (χ0) is 18.9. The van der Waals surface area contributed by atoms with Crippen LogP contribution in [0.4, 0.5) is 0 Å². The molecule has 0 saturated carbocycles. The highest BCUT2D eigenvalue weighted by Gasteiger charge is 2.35. The maximum Gasteiger partial charge on any atom is 0.211 e. The lowest BCUT2D eigenvalue weighted by Gasteiger charge is -2.38. The third kappa shape index (κ3) is 9.02. The lowest BCUT2D eigenvalue weighted by Crippen LogP contribution is -2.51. The molecule has 140 valence electrons. The molecule has 23 heavy (non-hydrogen) atoms. The van der Waals surface area contributed by atoms with E-state index in [-0.39, 0.29) is 23.8 Å². The minimum Gasteiger partial charge on any atom is -0.372 e. The third-order valence-corrected chi connectivity index (χ3v) is 6.10. The molecular formula is C15H33NO5S2. The summed E-state index contributed by atoms with van der Waals surface area (Å²) in [5.41, 5.74) is -0.828. The van der Waals surface area contributed by atoms with E-state index in [1.165, 1.54) is 4.31 Å². The van der Waals surface area contributed by atoms with Gasteiger partial charge >= 0.3 is 0 Å². The second kappa shape index (κ2) is 7.37. The largest absolute Gasteiger partial charge is 0.372 e. The first-order valence-electron chi connectivity index (χ1n) is 7.65. The quantitative estimate of drug-likeness (QED) is 0.683. The Balaban J connectivity index is 5.52. The zero-order valence-corrected chi connectivity index (χ0v) is 17.5. The number of hydrogen-bond donors (Lipinski definition) is 0. The summed E-state index contributed by atoms with van der Waals surface area (Å²) in [5.74, 6) is -0.213. The number of sulfonamides is 1. The van der Waals surface area contributed by atoms with Gasteiger partial charge in [-0.3, -0.25) is 0 Å². The van der Waals surface area contributed by atoms with E-state index in [1.54, 1.807) is 20.8 Å². The lowest BCUT2D eigenvalue weighted by atomic mass is 9.90. The van der Waals surface area contributed by atoms with Crippen molar-refractivity contribution in [3.8, 4) is 0 Å². The Bertz CT molecular complexity index is 582. The van der Waals surface area contributed by atoms with Gasteiger partial charge in [-0.15, -0.1) is 0 Å². The first kappa shape index (κ1) is 22.8. The molecule has 0 aromatic rings. The molecule has 0 heterocycles. The fraction of sp³-hybridized carbons (Fsp3) is 1.00. The Morgan fingerprint density at radius 1 is 0.957 bits per heavy atom. The Morgan fingerprint density at radius 2 is 1.39 bits per heavy atom. The van der Waals surface area contributed by atoms with E-state index in [2.05, 4.69) is 0 Å². The molecule has 0 amide bonds. The zero-order valence-electron chi connectivity index (χ0n) is 15.9. The molecule has 6 nitrogen and oxygen atoms in total. The van der Waals surface area contributed by atoms with Crippen LogP contribution in [0.1, 0.15) is 48.5 Å². The summed E-state index contributed by atoms with van der Waals surface area (Å²) >= 11 is 0. The first-order valence-corrected chi connectivity index (χ1v) is 11.6. The molecule has 0 saturated heterocycles. The molecule has 0 aliphatic carbocycles. The molecule has 0 N–H and O–H groups in total. The highest BCUT2D eigenvalue weighted by atomic mass is 32.2. The van der Waals surface area contributed by atoms with Gasteiger partial charge in [0.1, 0.15) is 9.84 Å². The van der Waals surface area contributed by atoms with Crippen LogP contribution in [0.25, 0.3) is 0 Å². The number of ether oxygens (including phenoxy) is 1. The van der Waals surface area contributed by atoms with E-state index in [1.807, 2.05) is 27.7 Å². The Hall–Kier alpha value is -0.180. The van der Waals surface area contributed by atoms with Crippen LogP contribution in [0, 0.1) is 5.41 Å². The lowest BCUT2D eigenvalue weighted by molar-refractivity contribution is -0.0555. The van der Waals surface area contributed by atoms with Crippen molar-refractivity contribution >= 4 is 19.9 Å². The van der Waals surface area contributed by atoms with Crippen molar-refractivity contribution in [3.05, 3.63) is 0 Å². The molecule has 0 aliphatic rings. The van der Waals surface area contributed by atoms with E-state index >= 15 is 0 Å².